The number of hydrogen-bond donors (Lipinski definition) is 2. The van der Waals surface area contributed by atoms with Gasteiger partial charge >= 0.3 is 0 Å². The van der Waals surface area contributed by atoms with Gasteiger partial charge in [-0.1, -0.05) is 0 Å². The number of H-pyrrole nitrogens is 1. The lowest BCUT2D eigenvalue weighted by molar-refractivity contribution is 0.674. The van der Waals surface area contributed by atoms with Crippen LogP contribution in [0.15, 0.2) is 0 Å². The molecule has 1 aromatic rings. The fourth-order valence-electron chi connectivity index (χ4n) is 1.19. The minimum atomic E-state index is 0. The maximum Gasteiger partial charge on any atom is 0.195 e. The zero-order valence-electron chi connectivity index (χ0n) is 6.49. The molecule has 68 valence electrons. The molecule has 0 atom stereocenters. The zero-order valence-corrected chi connectivity index (χ0v) is 8.12. The maximum absolute atomic E-state index is 5.48. The van der Waals surface area contributed by atoms with Crippen LogP contribution in [0.4, 0.5) is 0 Å². The van der Waals surface area contributed by atoms with Crippen LogP contribution >= 0.6 is 24.6 Å². The molecule has 2 rings (SSSR count). The lowest BCUT2D eigenvalue weighted by atomic mass is 10.5. The van der Waals surface area contributed by atoms with Crippen LogP contribution in [-0.2, 0) is 6.54 Å². The Kier molecular flexibility index (Phi) is 2.87. The van der Waals surface area contributed by atoms with Gasteiger partial charge in [0.15, 0.2) is 4.77 Å². The van der Waals surface area contributed by atoms with Crippen LogP contribution < -0.4 is 5.73 Å². The van der Waals surface area contributed by atoms with Crippen LogP contribution in [0.1, 0.15) is 24.7 Å². The van der Waals surface area contributed by atoms with Gasteiger partial charge in [-0.05, 0) is 25.1 Å². The predicted octanol–water partition coefficient (Wildman–Crippen LogP) is 1.16. The lowest BCUT2D eigenvalue weighted by Gasteiger charge is -2.00. The molecule has 1 saturated carbocycles. The minimum Gasteiger partial charge on any atom is -0.324 e. The van der Waals surface area contributed by atoms with Crippen LogP contribution in [0.3, 0.4) is 0 Å². The largest absolute Gasteiger partial charge is 0.324 e. The van der Waals surface area contributed by atoms with Gasteiger partial charge in [-0.3, -0.25) is 9.67 Å². The van der Waals surface area contributed by atoms with E-state index in [0.717, 1.165) is 5.82 Å². The van der Waals surface area contributed by atoms with Crippen LogP contribution in [0.2, 0.25) is 0 Å². The number of halogens is 1. The number of nitrogens with two attached hydrogens (primary N) is 1. The van der Waals surface area contributed by atoms with Gasteiger partial charge in [0, 0.05) is 6.04 Å². The molecule has 6 heteroatoms. The van der Waals surface area contributed by atoms with Crippen molar-refractivity contribution in [3.05, 3.63) is 10.6 Å². The maximum atomic E-state index is 5.48. The summed E-state index contributed by atoms with van der Waals surface area (Å²) in [6.45, 7) is 0.462. The van der Waals surface area contributed by atoms with Crippen molar-refractivity contribution in [2.75, 3.05) is 0 Å². The molecule has 1 fully saturated rings. The number of rotatable bonds is 2. The molecule has 0 spiro atoms. The molecule has 0 radical (unpaired) electrons. The molecule has 1 aliphatic carbocycles. The van der Waals surface area contributed by atoms with Gasteiger partial charge in [-0.2, -0.15) is 5.10 Å². The van der Waals surface area contributed by atoms with E-state index < -0.39 is 0 Å². The molecule has 3 N–H and O–H groups in total. The summed E-state index contributed by atoms with van der Waals surface area (Å²) < 4.78 is 2.72. The summed E-state index contributed by atoms with van der Waals surface area (Å²) in [5.74, 6) is 0.873. The van der Waals surface area contributed by atoms with E-state index in [-0.39, 0.29) is 12.4 Å². The standard InChI is InChI=1S/C6H10N4S.ClH/c7-3-5-8-9-6(11)10(5)4-1-2-4;/h4H,1-3,7H2,(H,9,11);1H. The van der Waals surface area contributed by atoms with Crippen LogP contribution in [0, 0.1) is 4.77 Å². The first-order chi connectivity index (χ1) is 5.33. The molecule has 4 nitrogen and oxygen atoms in total. The lowest BCUT2D eigenvalue weighted by Crippen LogP contribution is -2.06. The topological polar surface area (TPSA) is 59.6 Å². The smallest absolute Gasteiger partial charge is 0.195 e. The summed E-state index contributed by atoms with van der Waals surface area (Å²) in [6.07, 6.45) is 2.42. The van der Waals surface area contributed by atoms with E-state index in [2.05, 4.69) is 10.2 Å². The molecule has 0 amide bonds. The highest BCUT2D eigenvalue weighted by Crippen LogP contribution is 2.35. The molecular weight excluding hydrogens is 196 g/mol. The van der Waals surface area contributed by atoms with Crippen molar-refractivity contribution < 1.29 is 0 Å². The number of nitrogens with zero attached hydrogens (tertiary/aromatic N) is 2. The monoisotopic (exact) mass is 206 g/mol. The summed E-state index contributed by atoms with van der Waals surface area (Å²) in [4.78, 5) is 0. The molecule has 1 aromatic heterocycles. The normalized spacial score (nSPS) is 15.8. The van der Waals surface area contributed by atoms with E-state index in [9.17, 15) is 0 Å². The fraction of sp³-hybridized carbons (Fsp3) is 0.667. The molecular formula is C6H11ClN4S. The van der Waals surface area contributed by atoms with Crippen molar-refractivity contribution in [1.82, 2.24) is 14.8 Å². The van der Waals surface area contributed by atoms with Gasteiger partial charge in [0.2, 0.25) is 0 Å². The first-order valence-corrected chi connectivity index (χ1v) is 4.09. The Morgan fingerprint density at radius 1 is 1.67 bits per heavy atom. The summed E-state index contributed by atoms with van der Waals surface area (Å²) in [5, 5.41) is 6.76. The Bertz CT molecular complexity index is 314. The van der Waals surface area contributed by atoms with E-state index in [0.29, 0.717) is 17.4 Å². The van der Waals surface area contributed by atoms with E-state index in [1.165, 1.54) is 12.8 Å². The summed E-state index contributed by atoms with van der Waals surface area (Å²) >= 11 is 5.04. The van der Waals surface area contributed by atoms with Crippen LogP contribution in [0.5, 0.6) is 0 Å². The fourth-order valence-corrected chi connectivity index (χ4v) is 1.49. The molecule has 1 aliphatic rings. The highest BCUT2D eigenvalue weighted by atomic mass is 35.5. The number of aromatic amines is 1. The SMILES string of the molecule is Cl.NCc1n[nH]c(=S)n1C1CC1. The van der Waals surface area contributed by atoms with E-state index in [1.807, 2.05) is 4.57 Å². The Labute approximate surface area is 81.6 Å². The predicted molar refractivity (Wildman–Crippen MR) is 50.8 cm³/mol. The van der Waals surface area contributed by atoms with Gasteiger partial charge in [0.1, 0.15) is 5.82 Å². The highest BCUT2D eigenvalue weighted by molar-refractivity contribution is 7.71. The number of aromatic nitrogens is 3. The minimum absolute atomic E-state index is 0. The molecule has 0 unspecified atom stereocenters. The second kappa shape index (κ2) is 3.55. The average Bonchev–Trinajstić information content (AvgIpc) is 2.76. The molecule has 12 heavy (non-hydrogen) atoms. The Morgan fingerprint density at radius 2 is 2.33 bits per heavy atom. The Hall–Kier alpha value is -0.390. The molecule has 0 saturated heterocycles. The highest BCUT2D eigenvalue weighted by Gasteiger charge is 2.26. The Balaban J connectivity index is 0.000000720. The summed E-state index contributed by atoms with van der Waals surface area (Å²) in [7, 11) is 0. The quantitative estimate of drug-likeness (QED) is 0.714. The van der Waals surface area contributed by atoms with Gasteiger partial charge in [0.05, 0.1) is 6.54 Å². The first-order valence-electron chi connectivity index (χ1n) is 3.69. The van der Waals surface area contributed by atoms with Crippen molar-refractivity contribution in [2.45, 2.75) is 25.4 Å². The second-order valence-corrected chi connectivity index (χ2v) is 3.14. The number of nitrogens with one attached hydrogen (secondary N) is 1. The summed E-state index contributed by atoms with van der Waals surface area (Å²) in [6, 6.07) is 0.569. The van der Waals surface area contributed by atoms with Gasteiger partial charge < -0.3 is 5.73 Å². The van der Waals surface area contributed by atoms with Crippen LogP contribution in [-0.4, -0.2) is 14.8 Å². The van der Waals surface area contributed by atoms with Gasteiger partial charge in [-0.15, -0.1) is 12.4 Å². The first kappa shape index (κ1) is 9.70. The van der Waals surface area contributed by atoms with E-state index in [4.69, 9.17) is 18.0 Å². The third-order valence-electron chi connectivity index (χ3n) is 1.87. The molecule has 1 heterocycles. The Morgan fingerprint density at radius 3 is 2.83 bits per heavy atom. The van der Waals surface area contributed by atoms with E-state index >= 15 is 0 Å². The third kappa shape index (κ3) is 1.53. The van der Waals surface area contributed by atoms with Crippen molar-refractivity contribution in [2.24, 2.45) is 5.73 Å². The molecule has 0 aromatic carbocycles. The van der Waals surface area contributed by atoms with E-state index in [1.54, 1.807) is 0 Å². The average molecular weight is 207 g/mol. The molecule has 0 bridgehead atoms. The van der Waals surface area contributed by atoms with Crippen molar-refractivity contribution in [3.63, 3.8) is 0 Å². The van der Waals surface area contributed by atoms with Gasteiger partial charge in [0.25, 0.3) is 0 Å². The van der Waals surface area contributed by atoms with Crippen molar-refractivity contribution in [3.8, 4) is 0 Å². The zero-order chi connectivity index (χ0) is 7.84. The van der Waals surface area contributed by atoms with Crippen molar-refractivity contribution >= 4 is 24.6 Å². The van der Waals surface area contributed by atoms with Gasteiger partial charge in [-0.25, -0.2) is 0 Å². The second-order valence-electron chi connectivity index (χ2n) is 2.75. The third-order valence-corrected chi connectivity index (χ3v) is 2.16. The van der Waals surface area contributed by atoms with Crippen LogP contribution in [0.25, 0.3) is 0 Å². The van der Waals surface area contributed by atoms with Crippen molar-refractivity contribution in [1.29, 1.82) is 0 Å². The molecule has 0 aliphatic heterocycles. The number of hydrogen-bond acceptors (Lipinski definition) is 3. The summed E-state index contributed by atoms with van der Waals surface area (Å²) in [5.41, 5.74) is 5.48.